The van der Waals surface area contributed by atoms with Crippen LogP contribution in [0.3, 0.4) is 0 Å². The molecule has 8 heteroatoms. The lowest BCUT2D eigenvalue weighted by Crippen LogP contribution is -2.41. The number of amides is 1. The third-order valence-corrected chi connectivity index (χ3v) is 6.20. The largest absolute Gasteiger partial charge is 0.383 e. The van der Waals surface area contributed by atoms with E-state index in [1.165, 1.54) is 12.1 Å². The Morgan fingerprint density at radius 2 is 2.00 bits per heavy atom. The predicted molar refractivity (Wildman–Crippen MR) is 124 cm³/mol. The monoisotopic (exact) mass is 457 g/mol. The highest BCUT2D eigenvalue weighted by Gasteiger charge is 2.36. The molecule has 0 aromatic heterocycles. The van der Waals surface area contributed by atoms with Crippen molar-refractivity contribution in [2.75, 3.05) is 39.9 Å². The molecule has 1 fully saturated rings. The average Bonchev–Trinajstić information content (AvgIpc) is 3.18. The van der Waals surface area contributed by atoms with Gasteiger partial charge in [0.1, 0.15) is 5.82 Å². The van der Waals surface area contributed by atoms with Crippen molar-refractivity contribution < 1.29 is 18.8 Å². The number of carbonyl (C=O) groups excluding carboxylic acids is 1. The van der Waals surface area contributed by atoms with Gasteiger partial charge in [-0.05, 0) is 23.6 Å². The van der Waals surface area contributed by atoms with Crippen molar-refractivity contribution in [3.05, 3.63) is 75.6 Å². The van der Waals surface area contributed by atoms with Crippen LogP contribution in [0.15, 0.2) is 48.5 Å². The number of carbonyl (C=O) groups is 1. The van der Waals surface area contributed by atoms with Crippen LogP contribution in [0.2, 0.25) is 0 Å². The van der Waals surface area contributed by atoms with Crippen LogP contribution in [-0.2, 0) is 16.1 Å². The van der Waals surface area contributed by atoms with Gasteiger partial charge in [-0.25, -0.2) is 4.39 Å². The first kappa shape index (κ1) is 24.8. The Morgan fingerprint density at radius 3 is 2.67 bits per heavy atom. The summed E-state index contributed by atoms with van der Waals surface area (Å²) in [6.07, 6.45) is 0. The molecule has 1 heterocycles. The molecule has 1 saturated heterocycles. The van der Waals surface area contributed by atoms with Gasteiger partial charge >= 0.3 is 0 Å². The second-order valence-electron chi connectivity index (χ2n) is 8.93. The molecule has 1 aliphatic rings. The summed E-state index contributed by atoms with van der Waals surface area (Å²) in [4.78, 5) is 27.9. The molecule has 3 rings (SSSR count). The van der Waals surface area contributed by atoms with Gasteiger partial charge in [0.15, 0.2) is 0 Å². The quantitative estimate of drug-likeness (QED) is 0.397. The van der Waals surface area contributed by atoms with Crippen LogP contribution in [0.4, 0.5) is 10.1 Å². The van der Waals surface area contributed by atoms with E-state index in [4.69, 9.17) is 4.74 Å². The minimum absolute atomic E-state index is 0.00785. The van der Waals surface area contributed by atoms with Crippen molar-refractivity contribution in [1.29, 1.82) is 0 Å². The molecule has 7 nitrogen and oxygen atoms in total. The van der Waals surface area contributed by atoms with Crippen LogP contribution < -0.4 is 0 Å². The fourth-order valence-electron chi connectivity index (χ4n) is 4.59. The molecule has 0 radical (unpaired) electrons. The zero-order valence-electron chi connectivity index (χ0n) is 19.4. The predicted octanol–water partition coefficient (Wildman–Crippen LogP) is 4.08. The summed E-state index contributed by atoms with van der Waals surface area (Å²) in [5, 5.41) is 11.5. The van der Waals surface area contributed by atoms with Crippen LogP contribution in [0.25, 0.3) is 0 Å². The molecule has 0 unspecified atom stereocenters. The summed E-state index contributed by atoms with van der Waals surface area (Å²) in [5.74, 6) is -0.304. The Labute approximate surface area is 194 Å². The molecule has 0 bridgehead atoms. The molecular formula is C25H32FN3O4. The molecule has 33 heavy (non-hydrogen) atoms. The molecule has 2 aromatic carbocycles. The Bertz CT molecular complexity index is 968. The first-order valence-corrected chi connectivity index (χ1v) is 11.3. The van der Waals surface area contributed by atoms with Crippen molar-refractivity contribution in [1.82, 2.24) is 9.80 Å². The Hall–Kier alpha value is -2.84. The first-order chi connectivity index (χ1) is 15.8. The first-order valence-electron chi connectivity index (χ1n) is 11.3. The molecule has 1 aliphatic heterocycles. The van der Waals surface area contributed by atoms with E-state index in [-0.39, 0.29) is 40.1 Å². The smallest absolute Gasteiger partial charge is 0.273 e. The van der Waals surface area contributed by atoms with Gasteiger partial charge in [-0.1, -0.05) is 44.2 Å². The van der Waals surface area contributed by atoms with Gasteiger partial charge in [-0.15, -0.1) is 0 Å². The number of ether oxygens (including phenoxy) is 1. The van der Waals surface area contributed by atoms with E-state index in [1.54, 1.807) is 37.4 Å². The maximum atomic E-state index is 14.0. The average molecular weight is 458 g/mol. The standard InChI is InChI=1S/C25H32FN3O4/c1-18(2)25(30)28(11-12-33-3)16-21-15-27(14-20-7-4-5-10-24(20)29(31)32)17-23(21)19-8-6-9-22(26)13-19/h4-10,13,18,21,23H,11-12,14-17H2,1-3H3/t21-,23-/m1/s1. The molecule has 0 saturated carbocycles. The zero-order chi connectivity index (χ0) is 24.0. The van der Waals surface area contributed by atoms with E-state index in [9.17, 15) is 19.3 Å². The van der Waals surface area contributed by atoms with Crippen LogP contribution >= 0.6 is 0 Å². The van der Waals surface area contributed by atoms with Crippen LogP contribution in [0, 0.1) is 27.8 Å². The number of rotatable bonds is 10. The second kappa shape index (κ2) is 11.3. The highest BCUT2D eigenvalue weighted by Crippen LogP contribution is 2.35. The van der Waals surface area contributed by atoms with Gasteiger partial charge in [0.05, 0.1) is 11.5 Å². The van der Waals surface area contributed by atoms with Gasteiger partial charge in [0, 0.05) is 63.3 Å². The molecule has 0 N–H and O–H groups in total. The number of halogens is 1. The molecule has 2 aromatic rings. The number of hydrogen-bond acceptors (Lipinski definition) is 5. The lowest BCUT2D eigenvalue weighted by Gasteiger charge is -2.29. The lowest BCUT2D eigenvalue weighted by molar-refractivity contribution is -0.385. The third kappa shape index (κ3) is 6.36. The fraction of sp³-hybridized carbons (Fsp3) is 0.480. The lowest BCUT2D eigenvalue weighted by atomic mass is 9.88. The van der Waals surface area contributed by atoms with Gasteiger partial charge < -0.3 is 9.64 Å². The van der Waals surface area contributed by atoms with E-state index in [1.807, 2.05) is 24.8 Å². The number of nitro benzene ring substituents is 1. The summed E-state index contributed by atoms with van der Waals surface area (Å²) in [6.45, 7) is 6.92. The molecule has 0 aliphatic carbocycles. The van der Waals surface area contributed by atoms with E-state index in [0.29, 0.717) is 44.9 Å². The van der Waals surface area contributed by atoms with Crippen LogP contribution in [-0.4, -0.2) is 60.5 Å². The maximum absolute atomic E-state index is 14.0. The number of hydrogen-bond donors (Lipinski definition) is 0. The molecule has 2 atom stereocenters. The normalized spacial score (nSPS) is 18.6. The summed E-state index contributed by atoms with van der Waals surface area (Å²) in [6, 6.07) is 13.3. The Balaban J connectivity index is 1.86. The minimum Gasteiger partial charge on any atom is -0.383 e. The Kier molecular flexibility index (Phi) is 8.52. The van der Waals surface area contributed by atoms with E-state index < -0.39 is 0 Å². The summed E-state index contributed by atoms with van der Waals surface area (Å²) < 4.78 is 19.2. The minimum atomic E-state index is -0.360. The van der Waals surface area contributed by atoms with Gasteiger partial charge in [-0.3, -0.25) is 19.8 Å². The Morgan fingerprint density at radius 1 is 1.24 bits per heavy atom. The van der Waals surface area contributed by atoms with Gasteiger partial charge in [0.25, 0.3) is 5.69 Å². The highest BCUT2D eigenvalue weighted by atomic mass is 19.1. The highest BCUT2D eigenvalue weighted by molar-refractivity contribution is 5.78. The number of likely N-dealkylation sites (tertiary alicyclic amines) is 1. The maximum Gasteiger partial charge on any atom is 0.273 e. The SMILES string of the molecule is COCCN(C[C@H]1CN(Cc2ccccc2[N+](=O)[O-])C[C@@H]1c1cccc(F)c1)C(=O)C(C)C. The van der Waals surface area contributed by atoms with Gasteiger partial charge in [0.2, 0.25) is 5.91 Å². The number of nitro groups is 1. The number of para-hydroxylation sites is 1. The van der Waals surface area contributed by atoms with Crippen molar-refractivity contribution in [3.63, 3.8) is 0 Å². The van der Waals surface area contributed by atoms with Crippen molar-refractivity contribution in [3.8, 4) is 0 Å². The fourth-order valence-corrected chi connectivity index (χ4v) is 4.59. The van der Waals surface area contributed by atoms with Crippen molar-refractivity contribution in [2.24, 2.45) is 11.8 Å². The molecule has 1 amide bonds. The van der Waals surface area contributed by atoms with E-state index in [2.05, 4.69) is 4.90 Å². The summed E-state index contributed by atoms with van der Waals surface area (Å²) >= 11 is 0. The third-order valence-electron chi connectivity index (χ3n) is 6.20. The number of methoxy groups -OCH3 is 1. The summed E-state index contributed by atoms with van der Waals surface area (Å²) in [5.41, 5.74) is 1.63. The van der Waals surface area contributed by atoms with Crippen LogP contribution in [0.5, 0.6) is 0 Å². The number of nitrogens with zero attached hydrogens (tertiary/aromatic N) is 3. The van der Waals surface area contributed by atoms with Crippen LogP contribution in [0.1, 0.15) is 30.9 Å². The molecule has 0 spiro atoms. The van der Waals surface area contributed by atoms with E-state index >= 15 is 0 Å². The van der Waals surface area contributed by atoms with Gasteiger partial charge in [-0.2, -0.15) is 0 Å². The molecular weight excluding hydrogens is 425 g/mol. The number of benzene rings is 2. The molecule has 178 valence electrons. The zero-order valence-corrected chi connectivity index (χ0v) is 19.4. The van der Waals surface area contributed by atoms with Crippen molar-refractivity contribution >= 4 is 11.6 Å². The topological polar surface area (TPSA) is 75.9 Å². The second-order valence-corrected chi connectivity index (χ2v) is 8.93. The summed E-state index contributed by atoms with van der Waals surface area (Å²) in [7, 11) is 1.61. The van der Waals surface area contributed by atoms with E-state index in [0.717, 1.165) is 5.56 Å². The van der Waals surface area contributed by atoms with Crippen molar-refractivity contribution in [2.45, 2.75) is 26.3 Å².